The van der Waals surface area contributed by atoms with Gasteiger partial charge in [-0.15, -0.1) is 18.6 Å². The molecule has 0 saturated heterocycles. The van der Waals surface area contributed by atoms with E-state index in [1.807, 2.05) is 84.0 Å². The molecule has 0 N–H and O–H groups in total. The molecule has 0 aliphatic carbocycles. The molecule has 0 radical (unpaired) electrons. The number of aryl methyl sites for hydroxylation is 1. The maximum atomic E-state index is 14.6. The summed E-state index contributed by atoms with van der Waals surface area (Å²) in [5.74, 6) is 0.347. The third-order valence-electron chi connectivity index (χ3n) is 8.21. The Bertz CT molecular complexity index is 1540. The number of halogens is 1. The Morgan fingerprint density at radius 2 is 1.06 bits per heavy atom. The van der Waals surface area contributed by atoms with E-state index >= 15 is 0 Å². The fourth-order valence-electron chi connectivity index (χ4n) is 5.69. The van der Waals surface area contributed by atoms with E-state index in [4.69, 9.17) is 10.0 Å². The van der Waals surface area contributed by atoms with Crippen LogP contribution in [-0.2, 0) is 33.8 Å². The fraction of sp³-hybridized carbons (Fsp3) is 0.375. The maximum absolute atomic E-state index is 14.6. The van der Waals surface area contributed by atoms with Crippen LogP contribution >= 0.6 is 9.69 Å². The summed E-state index contributed by atoms with van der Waals surface area (Å²) in [5, 5.41) is 5.17. The van der Waals surface area contributed by atoms with E-state index in [1.54, 1.807) is 0 Å². The minimum absolute atomic E-state index is 0. The van der Waals surface area contributed by atoms with Crippen molar-refractivity contribution in [3.8, 4) is 0 Å². The van der Waals surface area contributed by atoms with Gasteiger partial charge < -0.3 is 17.5 Å². The van der Waals surface area contributed by atoms with Crippen molar-refractivity contribution in [2.24, 2.45) is 0 Å². The van der Waals surface area contributed by atoms with Crippen LogP contribution in [0.5, 0.6) is 0 Å². The summed E-state index contributed by atoms with van der Waals surface area (Å²) in [4.78, 5) is 0.363. The Balaban J connectivity index is 0.00000251. The van der Waals surface area contributed by atoms with Gasteiger partial charge in [0.15, 0.2) is 0 Å². The SMILES string of the molecule is CC(C)c1cc(C(C)C)c(S(=O)(=O)[N-][C@@H](c2ccccc2)[C@@H]([N-]CCCCc2ccccc2)c2ccccc2)c(C(C)C)c1.[CH3-].[Cl][Ru+3]. The first kappa shape index (κ1) is 40.8. The van der Waals surface area contributed by atoms with Gasteiger partial charge in [0.25, 0.3) is 0 Å². The predicted octanol–water partition coefficient (Wildman–Crippen LogP) is 12.1. The number of rotatable bonds is 15. The van der Waals surface area contributed by atoms with Crippen molar-refractivity contribution in [3.63, 3.8) is 0 Å². The molecule has 4 aromatic rings. The summed E-state index contributed by atoms with van der Waals surface area (Å²) >= 11 is 1.82. The van der Waals surface area contributed by atoms with Crippen LogP contribution in [0.4, 0.5) is 0 Å². The summed E-state index contributed by atoms with van der Waals surface area (Å²) in [6, 6.07) is 33.3. The molecule has 0 bridgehead atoms. The first-order chi connectivity index (χ1) is 22.1. The monoisotopic (exact) mass is 760 g/mol. The van der Waals surface area contributed by atoms with Gasteiger partial charge in [0.2, 0.25) is 0 Å². The topological polar surface area (TPSA) is 62.3 Å². The zero-order chi connectivity index (χ0) is 33.7. The van der Waals surface area contributed by atoms with Gasteiger partial charge in [-0.2, -0.15) is 0 Å². The molecule has 2 atom stereocenters. The van der Waals surface area contributed by atoms with Gasteiger partial charge >= 0.3 is 27.0 Å². The summed E-state index contributed by atoms with van der Waals surface area (Å²) in [5.41, 5.74) is 5.96. The summed E-state index contributed by atoms with van der Waals surface area (Å²) in [7, 11) is 0.508. The quantitative estimate of drug-likeness (QED) is 0.0688. The first-order valence-corrected chi connectivity index (χ1v) is 19.8. The van der Waals surface area contributed by atoms with Crippen LogP contribution < -0.4 is 0 Å². The first-order valence-electron chi connectivity index (χ1n) is 16.2. The number of nitrogens with zero attached hydrogens (tertiary/aromatic N) is 2. The van der Waals surface area contributed by atoms with Crippen LogP contribution in [0.25, 0.3) is 10.0 Å². The van der Waals surface area contributed by atoms with Crippen LogP contribution in [0.2, 0.25) is 0 Å². The molecule has 0 aromatic heterocycles. The van der Waals surface area contributed by atoms with Crippen LogP contribution in [0.3, 0.4) is 0 Å². The summed E-state index contributed by atoms with van der Waals surface area (Å²) in [6.45, 7) is 13.2. The molecule has 0 aliphatic rings. The Kier molecular flexibility index (Phi) is 17.6. The van der Waals surface area contributed by atoms with Gasteiger partial charge in [-0.25, -0.2) is 8.42 Å². The summed E-state index contributed by atoms with van der Waals surface area (Å²) < 4.78 is 34.0. The molecule has 0 amide bonds. The van der Waals surface area contributed by atoms with Gasteiger partial charge in [0, 0.05) is 0 Å². The third-order valence-corrected chi connectivity index (χ3v) is 9.71. The number of hydrogen-bond donors (Lipinski definition) is 0. The number of sulfonamides is 1. The Morgan fingerprint density at radius 1 is 0.617 bits per heavy atom. The van der Waals surface area contributed by atoms with Crippen LogP contribution in [0.1, 0.15) is 118 Å². The van der Waals surface area contributed by atoms with Gasteiger partial charge in [0.1, 0.15) is 10.0 Å². The van der Waals surface area contributed by atoms with Gasteiger partial charge in [-0.3, -0.25) is 0 Å². The number of benzene rings is 4. The van der Waals surface area contributed by atoms with Crippen molar-refractivity contribution in [3.05, 3.63) is 154 Å². The molecular formula is C40H51ClN2O2RuS. The average molecular weight is 760 g/mol. The average Bonchev–Trinajstić information content (AvgIpc) is 3.07. The molecule has 0 saturated carbocycles. The molecule has 254 valence electrons. The second kappa shape index (κ2) is 20.2. The van der Waals surface area contributed by atoms with Gasteiger partial charge in [-0.1, -0.05) is 169 Å². The molecule has 0 fully saturated rings. The summed E-state index contributed by atoms with van der Waals surface area (Å²) in [6.07, 6.45) is 2.92. The number of unbranched alkanes of at least 4 members (excludes halogenated alkanes) is 1. The van der Waals surface area contributed by atoms with Crippen molar-refractivity contribution in [2.45, 2.75) is 95.5 Å². The molecule has 47 heavy (non-hydrogen) atoms. The van der Waals surface area contributed by atoms with Crippen molar-refractivity contribution in [2.75, 3.05) is 6.54 Å². The van der Waals surface area contributed by atoms with E-state index in [0.29, 0.717) is 17.4 Å². The molecule has 7 heteroatoms. The van der Waals surface area contributed by atoms with E-state index in [-0.39, 0.29) is 19.3 Å². The molecule has 0 aliphatic heterocycles. The molecule has 0 unspecified atom stereocenters. The minimum atomic E-state index is -4.06. The normalized spacial score (nSPS) is 12.7. The number of hydrogen-bond acceptors (Lipinski definition) is 2. The van der Waals surface area contributed by atoms with Crippen molar-refractivity contribution < 1.29 is 25.7 Å². The fourth-order valence-corrected chi connectivity index (χ4v) is 7.52. The van der Waals surface area contributed by atoms with Gasteiger partial charge in [-0.05, 0) is 46.4 Å². The molecule has 0 spiro atoms. The van der Waals surface area contributed by atoms with E-state index in [2.05, 4.69) is 87.6 Å². The zero-order valence-electron chi connectivity index (χ0n) is 28.9. The van der Waals surface area contributed by atoms with Crippen molar-refractivity contribution in [1.29, 1.82) is 0 Å². The van der Waals surface area contributed by atoms with E-state index in [0.717, 1.165) is 47.1 Å². The molecule has 0 heterocycles. The molecule has 4 aromatic carbocycles. The van der Waals surface area contributed by atoms with E-state index in [1.165, 1.54) is 5.56 Å². The molecule has 4 nitrogen and oxygen atoms in total. The van der Waals surface area contributed by atoms with Crippen LogP contribution in [0, 0.1) is 7.43 Å². The van der Waals surface area contributed by atoms with Crippen LogP contribution in [0.15, 0.2) is 108 Å². The second-order valence-electron chi connectivity index (χ2n) is 12.6. The predicted molar refractivity (Wildman–Crippen MR) is 197 cm³/mol. The Hall–Kier alpha value is -2.34. The Morgan fingerprint density at radius 3 is 1.51 bits per heavy atom. The van der Waals surface area contributed by atoms with Crippen molar-refractivity contribution in [1.82, 2.24) is 0 Å². The molecular weight excluding hydrogens is 709 g/mol. The zero-order valence-corrected chi connectivity index (χ0v) is 32.2. The van der Waals surface area contributed by atoms with E-state index < -0.39 is 22.1 Å². The van der Waals surface area contributed by atoms with E-state index in [9.17, 15) is 8.42 Å². The van der Waals surface area contributed by atoms with Crippen molar-refractivity contribution >= 4 is 19.7 Å². The Labute approximate surface area is 299 Å². The molecule has 4 rings (SSSR count). The second-order valence-corrected chi connectivity index (χ2v) is 14.2. The van der Waals surface area contributed by atoms with Crippen LogP contribution in [-0.4, -0.2) is 15.0 Å². The third kappa shape index (κ3) is 11.6. The van der Waals surface area contributed by atoms with Gasteiger partial charge in [0.05, 0.1) is 4.90 Å². The standard InChI is InChI=1S/C39H48N2O2S.CH3.ClH.Ru/c1-28(2)34-26-35(29(3)4)39(36(27-34)30(5)6)44(42,43)41-38(33-23-14-9-15-24-33)37(32-21-12-8-13-22-32)40-25-17-16-20-31-18-10-7-11-19-31;;;/h7-15,18-19,21-24,26-30,37-38H,16-17,20,25H2,1-6H3;1H3;1H;/q-2;-1;;+4/p-1/t37-,38-;;;/m0.../s1.